The number of methoxy groups -OCH3 is 3. The fourth-order valence-electron chi connectivity index (χ4n) is 3.11. The van der Waals surface area contributed by atoms with E-state index in [4.69, 9.17) is 23.7 Å². The lowest BCUT2D eigenvalue weighted by molar-refractivity contribution is 0.0750. The lowest BCUT2D eigenvalue weighted by Gasteiger charge is -2.24. The molecule has 0 N–H and O–H groups in total. The maximum atomic E-state index is 13.1. The van der Waals surface area contributed by atoms with Gasteiger partial charge < -0.3 is 28.6 Å². The van der Waals surface area contributed by atoms with Crippen LogP contribution in [0.2, 0.25) is 0 Å². The average Bonchev–Trinajstić information content (AvgIpc) is 2.75. The van der Waals surface area contributed by atoms with Gasteiger partial charge in [-0.05, 0) is 36.8 Å². The van der Waals surface area contributed by atoms with Crippen molar-refractivity contribution in [1.82, 2.24) is 4.90 Å². The van der Waals surface area contributed by atoms with Gasteiger partial charge in [0.15, 0.2) is 23.0 Å². The summed E-state index contributed by atoms with van der Waals surface area (Å²) in [4.78, 5) is 14.9. The van der Waals surface area contributed by atoms with Gasteiger partial charge >= 0.3 is 0 Å². The number of fused-ring (bicyclic) bond motifs is 1. The zero-order valence-corrected chi connectivity index (χ0v) is 16.6. The molecule has 0 spiro atoms. The topological polar surface area (TPSA) is 66.5 Å². The molecule has 0 unspecified atom stereocenters. The summed E-state index contributed by atoms with van der Waals surface area (Å²) in [6, 6.07) is 9.02. The third-order valence-corrected chi connectivity index (χ3v) is 4.57. The van der Waals surface area contributed by atoms with E-state index < -0.39 is 0 Å². The van der Waals surface area contributed by atoms with E-state index in [1.54, 1.807) is 38.4 Å². The van der Waals surface area contributed by atoms with E-state index in [-0.39, 0.29) is 5.91 Å². The first kappa shape index (κ1) is 19.7. The third kappa shape index (κ3) is 3.93. The fourth-order valence-corrected chi connectivity index (χ4v) is 3.11. The average molecular weight is 387 g/mol. The Kier molecular flexibility index (Phi) is 6.13. The first-order valence-corrected chi connectivity index (χ1v) is 9.09. The SMILES string of the molecule is CCN(Cc1ccc(OC)c(OC)c1)C(=O)c1cc(OC)c2c(c1)OCCO2. The first-order chi connectivity index (χ1) is 13.6. The summed E-state index contributed by atoms with van der Waals surface area (Å²) in [6.45, 7) is 3.82. The Labute approximate surface area is 164 Å². The minimum Gasteiger partial charge on any atom is -0.493 e. The van der Waals surface area contributed by atoms with Crippen LogP contribution < -0.4 is 23.7 Å². The van der Waals surface area contributed by atoms with Crippen LogP contribution in [0.25, 0.3) is 0 Å². The molecule has 0 saturated heterocycles. The third-order valence-electron chi connectivity index (χ3n) is 4.57. The van der Waals surface area contributed by atoms with E-state index in [1.807, 2.05) is 25.1 Å². The molecule has 0 radical (unpaired) electrons. The molecule has 0 aliphatic carbocycles. The van der Waals surface area contributed by atoms with Crippen LogP contribution in [0.15, 0.2) is 30.3 Å². The van der Waals surface area contributed by atoms with Crippen molar-refractivity contribution in [3.05, 3.63) is 41.5 Å². The van der Waals surface area contributed by atoms with Crippen molar-refractivity contribution in [2.24, 2.45) is 0 Å². The van der Waals surface area contributed by atoms with E-state index in [2.05, 4.69) is 0 Å². The quantitative estimate of drug-likeness (QED) is 0.727. The normalized spacial score (nSPS) is 12.3. The molecule has 7 heteroatoms. The van der Waals surface area contributed by atoms with E-state index >= 15 is 0 Å². The summed E-state index contributed by atoms with van der Waals surface area (Å²) in [6.07, 6.45) is 0. The molecule has 1 heterocycles. The van der Waals surface area contributed by atoms with Gasteiger partial charge in [0.05, 0.1) is 21.3 Å². The van der Waals surface area contributed by atoms with Crippen LogP contribution in [-0.4, -0.2) is 51.9 Å². The molecule has 2 aromatic rings. The number of carbonyl (C=O) groups excluding carboxylic acids is 1. The molecule has 1 aliphatic rings. The largest absolute Gasteiger partial charge is 0.493 e. The fraction of sp³-hybridized carbons (Fsp3) is 0.381. The number of hydrogen-bond acceptors (Lipinski definition) is 6. The Morgan fingerprint density at radius 1 is 0.964 bits per heavy atom. The molecule has 1 aliphatic heterocycles. The van der Waals surface area contributed by atoms with Crippen LogP contribution >= 0.6 is 0 Å². The van der Waals surface area contributed by atoms with Gasteiger partial charge in [0.2, 0.25) is 5.75 Å². The van der Waals surface area contributed by atoms with Crippen molar-refractivity contribution in [3.8, 4) is 28.7 Å². The molecule has 0 aromatic heterocycles. The second-order valence-corrected chi connectivity index (χ2v) is 6.21. The highest BCUT2D eigenvalue weighted by atomic mass is 16.6. The van der Waals surface area contributed by atoms with Gasteiger partial charge in [0.1, 0.15) is 13.2 Å². The van der Waals surface area contributed by atoms with Crippen LogP contribution in [0, 0.1) is 0 Å². The summed E-state index contributed by atoms with van der Waals surface area (Å²) < 4.78 is 27.3. The number of amides is 1. The molecule has 150 valence electrons. The van der Waals surface area contributed by atoms with Crippen molar-refractivity contribution in [2.75, 3.05) is 41.1 Å². The minimum atomic E-state index is -0.118. The molecule has 7 nitrogen and oxygen atoms in total. The summed E-state index contributed by atoms with van der Waals surface area (Å²) in [5.74, 6) is 2.71. The molecular formula is C21H25NO6. The monoisotopic (exact) mass is 387 g/mol. The lowest BCUT2D eigenvalue weighted by Crippen LogP contribution is -2.30. The molecule has 3 rings (SSSR count). The van der Waals surface area contributed by atoms with Gasteiger partial charge in [0, 0.05) is 18.7 Å². The number of rotatable bonds is 7. The molecule has 0 bridgehead atoms. The molecule has 2 aromatic carbocycles. The van der Waals surface area contributed by atoms with Gasteiger partial charge in [0.25, 0.3) is 5.91 Å². The van der Waals surface area contributed by atoms with E-state index in [1.165, 1.54) is 0 Å². The van der Waals surface area contributed by atoms with Gasteiger partial charge in [-0.15, -0.1) is 0 Å². The summed E-state index contributed by atoms with van der Waals surface area (Å²) in [5.41, 5.74) is 1.43. The zero-order valence-electron chi connectivity index (χ0n) is 16.6. The molecule has 28 heavy (non-hydrogen) atoms. The van der Waals surface area contributed by atoms with E-state index in [0.29, 0.717) is 60.6 Å². The van der Waals surface area contributed by atoms with Crippen molar-refractivity contribution in [2.45, 2.75) is 13.5 Å². The molecule has 0 saturated carbocycles. The predicted molar refractivity (Wildman–Crippen MR) is 104 cm³/mol. The van der Waals surface area contributed by atoms with Crippen LogP contribution in [0.4, 0.5) is 0 Å². The van der Waals surface area contributed by atoms with Gasteiger partial charge in [-0.2, -0.15) is 0 Å². The van der Waals surface area contributed by atoms with Gasteiger partial charge in [-0.1, -0.05) is 6.07 Å². The highest BCUT2D eigenvalue weighted by molar-refractivity contribution is 5.95. The summed E-state index contributed by atoms with van der Waals surface area (Å²) in [5, 5.41) is 0. The molecule has 0 atom stereocenters. The van der Waals surface area contributed by atoms with Crippen LogP contribution in [-0.2, 0) is 6.54 Å². The standard InChI is InChI=1S/C21H25NO6/c1-5-22(13-14-6-7-16(24-2)17(10-14)25-3)21(23)15-11-18(26-4)20-19(12-15)27-8-9-28-20/h6-7,10-12H,5,8-9,13H2,1-4H3. The van der Waals surface area contributed by atoms with Gasteiger partial charge in [-0.25, -0.2) is 0 Å². The number of nitrogens with zero attached hydrogens (tertiary/aromatic N) is 1. The van der Waals surface area contributed by atoms with Crippen molar-refractivity contribution in [1.29, 1.82) is 0 Å². The molecule has 1 amide bonds. The van der Waals surface area contributed by atoms with E-state index in [9.17, 15) is 4.79 Å². The van der Waals surface area contributed by atoms with Crippen molar-refractivity contribution >= 4 is 5.91 Å². The van der Waals surface area contributed by atoms with Gasteiger partial charge in [-0.3, -0.25) is 4.79 Å². The Balaban J connectivity index is 1.86. The van der Waals surface area contributed by atoms with Crippen LogP contribution in [0.5, 0.6) is 28.7 Å². The maximum absolute atomic E-state index is 13.1. The maximum Gasteiger partial charge on any atom is 0.254 e. The summed E-state index contributed by atoms with van der Waals surface area (Å²) >= 11 is 0. The second kappa shape index (κ2) is 8.73. The zero-order chi connectivity index (χ0) is 20.1. The highest BCUT2D eigenvalue weighted by Crippen LogP contribution is 2.40. The number of benzene rings is 2. The predicted octanol–water partition coefficient (Wildman–Crippen LogP) is 3.15. The molecule has 0 fully saturated rings. The minimum absolute atomic E-state index is 0.118. The summed E-state index contributed by atoms with van der Waals surface area (Å²) in [7, 11) is 4.73. The lowest BCUT2D eigenvalue weighted by atomic mass is 10.1. The Hall–Kier alpha value is -3.09. The van der Waals surface area contributed by atoms with Crippen LogP contribution in [0.3, 0.4) is 0 Å². The Morgan fingerprint density at radius 3 is 2.36 bits per heavy atom. The van der Waals surface area contributed by atoms with Crippen molar-refractivity contribution < 1.29 is 28.5 Å². The van der Waals surface area contributed by atoms with E-state index in [0.717, 1.165) is 5.56 Å². The van der Waals surface area contributed by atoms with Crippen LogP contribution in [0.1, 0.15) is 22.8 Å². The number of ether oxygens (including phenoxy) is 5. The smallest absolute Gasteiger partial charge is 0.254 e. The number of hydrogen-bond donors (Lipinski definition) is 0. The van der Waals surface area contributed by atoms with Crippen molar-refractivity contribution in [3.63, 3.8) is 0 Å². The Morgan fingerprint density at radius 2 is 1.68 bits per heavy atom. The molecular weight excluding hydrogens is 362 g/mol. The highest BCUT2D eigenvalue weighted by Gasteiger charge is 2.23. The second-order valence-electron chi connectivity index (χ2n) is 6.21. The Bertz CT molecular complexity index is 834. The first-order valence-electron chi connectivity index (χ1n) is 9.09. The number of carbonyl (C=O) groups is 1.